The number of nitrogens with two attached hydrogens (primary N) is 1. The van der Waals surface area contributed by atoms with Crippen molar-refractivity contribution in [3.05, 3.63) is 28.2 Å². The Kier molecular flexibility index (Phi) is 7.49. The summed E-state index contributed by atoms with van der Waals surface area (Å²) in [7, 11) is -3.90. The number of hydrogen-bond donors (Lipinski definition) is 3. The van der Waals surface area contributed by atoms with Gasteiger partial charge in [-0.3, -0.25) is 4.79 Å². The highest BCUT2D eigenvalue weighted by atomic mass is 35.5. The third-order valence-electron chi connectivity index (χ3n) is 3.96. The molecule has 0 heterocycles. The number of nitrogens with one attached hydrogen (secondary N) is 2. The molecular formula is C15H23Cl2N3O3S. The van der Waals surface area contributed by atoms with Crippen molar-refractivity contribution in [2.24, 2.45) is 11.7 Å². The Morgan fingerprint density at radius 3 is 2.29 bits per heavy atom. The second-order valence-corrected chi connectivity index (χ2v) is 8.54. The van der Waals surface area contributed by atoms with Crippen LogP contribution in [0.3, 0.4) is 0 Å². The largest absolute Gasteiger partial charge is 0.349 e. The monoisotopic (exact) mass is 395 g/mol. The maximum absolute atomic E-state index is 12.3. The number of halogens is 2. The third kappa shape index (κ3) is 5.32. The number of amides is 1. The zero-order valence-corrected chi connectivity index (χ0v) is 16.2. The van der Waals surface area contributed by atoms with Gasteiger partial charge in [-0.05, 0) is 25.0 Å². The first-order chi connectivity index (χ1) is 11.0. The van der Waals surface area contributed by atoms with E-state index in [0.29, 0.717) is 0 Å². The van der Waals surface area contributed by atoms with Crippen molar-refractivity contribution in [1.82, 2.24) is 10.0 Å². The van der Waals surface area contributed by atoms with E-state index in [9.17, 15) is 13.2 Å². The minimum Gasteiger partial charge on any atom is -0.349 e. The van der Waals surface area contributed by atoms with Crippen molar-refractivity contribution in [1.29, 1.82) is 0 Å². The minimum absolute atomic E-state index is 0.0231. The fraction of sp³-hybridized carbons (Fsp3) is 0.533. The van der Waals surface area contributed by atoms with Crippen LogP contribution in [-0.2, 0) is 14.8 Å². The van der Waals surface area contributed by atoms with Crippen molar-refractivity contribution < 1.29 is 13.2 Å². The minimum atomic E-state index is -3.90. The molecule has 1 amide bonds. The normalized spacial score (nSPS) is 14.5. The first-order valence-corrected chi connectivity index (χ1v) is 9.72. The molecule has 1 aromatic rings. The standard InChI is InChI=1S/C15H23Cl2N3O3S/c1-10(2)15(3,9-18)20-13(21)7-8-19-24(22,23)14-11(16)5-4-6-12(14)17/h4-6,10,19H,7-9,18H2,1-3H3,(H,20,21). The van der Waals surface area contributed by atoms with Crippen LogP contribution in [0.4, 0.5) is 0 Å². The van der Waals surface area contributed by atoms with Crippen molar-refractivity contribution in [3.8, 4) is 0 Å². The van der Waals surface area contributed by atoms with E-state index < -0.39 is 15.6 Å². The molecule has 0 saturated carbocycles. The average Bonchev–Trinajstić information content (AvgIpc) is 2.46. The van der Waals surface area contributed by atoms with Crippen LogP contribution < -0.4 is 15.8 Å². The molecule has 136 valence electrons. The lowest BCUT2D eigenvalue weighted by Gasteiger charge is -2.33. The highest BCUT2D eigenvalue weighted by Crippen LogP contribution is 2.28. The van der Waals surface area contributed by atoms with Crippen LogP contribution in [0, 0.1) is 5.92 Å². The molecule has 9 heteroatoms. The Morgan fingerprint density at radius 2 is 1.83 bits per heavy atom. The number of carbonyl (C=O) groups is 1. The first-order valence-electron chi connectivity index (χ1n) is 7.48. The van der Waals surface area contributed by atoms with E-state index in [2.05, 4.69) is 10.0 Å². The third-order valence-corrected chi connectivity index (χ3v) is 6.37. The van der Waals surface area contributed by atoms with Gasteiger partial charge in [-0.2, -0.15) is 0 Å². The van der Waals surface area contributed by atoms with Crippen LogP contribution >= 0.6 is 23.2 Å². The molecule has 0 aliphatic rings. The molecule has 0 spiro atoms. The van der Waals surface area contributed by atoms with Crippen molar-refractivity contribution in [2.45, 2.75) is 37.6 Å². The van der Waals surface area contributed by atoms with E-state index in [1.165, 1.54) is 12.1 Å². The topological polar surface area (TPSA) is 101 Å². The van der Waals surface area contributed by atoms with E-state index in [1.54, 1.807) is 6.07 Å². The molecule has 0 saturated heterocycles. The van der Waals surface area contributed by atoms with Crippen LogP contribution in [0.5, 0.6) is 0 Å². The predicted octanol–water partition coefficient (Wildman–Crippen LogP) is 2.15. The van der Waals surface area contributed by atoms with Gasteiger partial charge in [0.2, 0.25) is 15.9 Å². The molecule has 0 aliphatic heterocycles. The summed E-state index contributed by atoms with van der Waals surface area (Å²) in [5.41, 5.74) is 5.17. The van der Waals surface area contributed by atoms with Crippen LogP contribution in [0.15, 0.2) is 23.1 Å². The number of hydrogen-bond acceptors (Lipinski definition) is 4. The molecule has 0 aromatic heterocycles. The van der Waals surface area contributed by atoms with Gasteiger partial charge < -0.3 is 11.1 Å². The first kappa shape index (κ1) is 21.2. The Morgan fingerprint density at radius 1 is 1.29 bits per heavy atom. The molecular weight excluding hydrogens is 373 g/mol. The van der Waals surface area contributed by atoms with Crippen molar-refractivity contribution in [2.75, 3.05) is 13.1 Å². The number of rotatable bonds is 8. The predicted molar refractivity (Wildman–Crippen MR) is 96.7 cm³/mol. The number of sulfonamides is 1. The van der Waals surface area contributed by atoms with Gasteiger partial charge in [0.1, 0.15) is 4.90 Å². The van der Waals surface area contributed by atoms with E-state index in [0.717, 1.165) is 0 Å². The van der Waals surface area contributed by atoms with Gasteiger partial charge in [0.05, 0.1) is 15.6 Å². The Bertz CT molecular complexity index is 675. The zero-order valence-electron chi connectivity index (χ0n) is 13.9. The fourth-order valence-electron chi connectivity index (χ4n) is 1.92. The summed E-state index contributed by atoms with van der Waals surface area (Å²) >= 11 is 11.8. The van der Waals surface area contributed by atoms with Crippen LogP contribution in [0.1, 0.15) is 27.2 Å². The average molecular weight is 396 g/mol. The SMILES string of the molecule is CC(C)C(C)(CN)NC(=O)CCNS(=O)(=O)c1c(Cl)cccc1Cl. The lowest BCUT2D eigenvalue weighted by atomic mass is 9.88. The maximum atomic E-state index is 12.3. The molecule has 0 radical (unpaired) electrons. The van der Waals surface area contributed by atoms with E-state index in [-0.39, 0.29) is 46.3 Å². The second-order valence-electron chi connectivity index (χ2n) is 6.02. The Hall–Kier alpha value is -0.860. The molecule has 0 bridgehead atoms. The summed E-state index contributed by atoms with van der Waals surface area (Å²) in [6.07, 6.45) is -0.0242. The molecule has 1 rings (SSSR count). The van der Waals surface area contributed by atoms with Crippen LogP contribution in [-0.4, -0.2) is 33.0 Å². The lowest BCUT2D eigenvalue weighted by molar-refractivity contribution is -0.123. The quantitative estimate of drug-likeness (QED) is 0.627. The van der Waals surface area contributed by atoms with E-state index in [4.69, 9.17) is 28.9 Å². The smallest absolute Gasteiger partial charge is 0.243 e. The summed E-state index contributed by atoms with van der Waals surface area (Å²) in [5.74, 6) is -0.144. The van der Waals surface area contributed by atoms with Crippen molar-refractivity contribution >= 4 is 39.1 Å². The Labute approximate surface area is 153 Å². The zero-order chi connectivity index (χ0) is 18.5. The van der Waals surface area contributed by atoms with Crippen LogP contribution in [0.25, 0.3) is 0 Å². The van der Waals surface area contributed by atoms with E-state index in [1.807, 2.05) is 20.8 Å². The molecule has 1 aromatic carbocycles. The van der Waals surface area contributed by atoms with Crippen molar-refractivity contribution in [3.63, 3.8) is 0 Å². The second kappa shape index (κ2) is 8.49. The fourth-order valence-corrected chi connectivity index (χ4v) is 4.09. The maximum Gasteiger partial charge on any atom is 0.243 e. The highest BCUT2D eigenvalue weighted by molar-refractivity contribution is 7.89. The molecule has 1 unspecified atom stereocenters. The molecule has 4 N–H and O–H groups in total. The van der Waals surface area contributed by atoms with Gasteiger partial charge in [0.15, 0.2) is 0 Å². The summed E-state index contributed by atoms with van der Waals surface area (Å²) in [6, 6.07) is 4.42. The molecule has 6 nitrogen and oxygen atoms in total. The van der Waals surface area contributed by atoms with Gasteiger partial charge in [-0.1, -0.05) is 43.1 Å². The van der Waals surface area contributed by atoms with Gasteiger partial charge in [0.25, 0.3) is 0 Å². The molecule has 24 heavy (non-hydrogen) atoms. The summed E-state index contributed by atoms with van der Waals surface area (Å²) < 4.78 is 26.9. The van der Waals surface area contributed by atoms with Gasteiger partial charge in [-0.15, -0.1) is 0 Å². The summed E-state index contributed by atoms with van der Waals surface area (Å²) in [5, 5.41) is 2.89. The molecule has 0 aliphatic carbocycles. The van der Waals surface area contributed by atoms with E-state index >= 15 is 0 Å². The summed E-state index contributed by atoms with van der Waals surface area (Å²) in [6.45, 7) is 5.97. The molecule has 0 fully saturated rings. The van der Waals surface area contributed by atoms with Gasteiger partial charge >= 0.3 is 0 Å². The molecule has 1 atom stereocenters. The Balaban J connectivity index is 2.69. The lowest BCUT2D eigenvalue weighted by Crippen LogP contribution is -2.55. The van der Waals surface area contributed by atoms with Gasteiger partial charge in [-0.25, -0.2) is 13.1 Å². The van der Waals surface area contributed by atoms with Crippen LogP contribution in [0.2, 0.25) is 10.0 Å². The van der Waals surface area contributed by atoms with Gasteiger partial charge in [0, 0.05) is 19.5 Å². The number of benzene rings is 1. The summed E-state index contributed by atoms with van der Waals surface area (Å²) in [4.78, 5) is 11.8. The number of carbonyl (C=O) groups excluding carboxylic acids is 1. The highest BCUT2D eigenvalue weighted by Gasteiger charge is 2.28.